The van der Waals surface area contributed by atoms with Gasteiger partial charge >= 0.3 is 0 Å². The first kappa shape index (κ1) is 22.5. The van der Waals surface area contributed by atoms with Gasteiger partial charge in [-0.15, -0.1) is 10.2 Å². The van der Waals surface area contributed by atoms with Crippen LogP contribution in [0.25, 0.3) is 5.82 Å². The highest BCUT2D eigenvalue weighted by molar-refractivity contribution is 7.92. The van der Waals surface area contributed by atoms with Crippen molar-refractivity contribution in [2.24, 2.45) is 0 Å². The van der Waals surface area contributed by atoms with Crippen LogP contribution in [0.5, 0.6) is 11.6 Å². The van der Waals surface area contributed by atoms with Gasteiger partial charge in [0.05, 0.1) is 5.69 Å². The van der Waals surface area contributed by atoms with Crippen molar-refractivity contribution in [1.29, 1.82) is 0 Å². The number of nitrogens with one attached hydrogen (secondary N) is 1. The summed E-state index contributed by atoms with van der Waals surface area (Å²) >= 11 is 0. The minimum Gasteiger partial charge on any atom is -0.438 e. The number of aromatic nitrogens is 6. The maximum Gasteiger partial charge on any atom is 0.280 e. The zero-order chi connectivity index (χ0) is 23.8. The second-order valence-electron chi connectivity index (χ2n) is 7.58. The number of hydrogen-bond donors (Lipinski definition) is 1. The van der Waals surface area contributed by atoms with Gasteiger partial charge in [0, 0.05) is 30.2 Å². The number of sulfonamides is 1. The molecule has 4 aromatic rings. The summed E-state index contributed by atoms with van der Waals surface area (Å²) in [7, 11) is -3.79. The SMILES string of the molecule is CCn1cc(S(=O)(=O)Nc2ccc(Oc3ccc(-n4nc(C)c(C)c4C)nn3)cc2)nc1C. The van der Waals surface area contributed by atoms with Gasteiger partial charge in [-0.25, -0.2) is 9.67 Å². The van der Waals surface area contributed by atoms with E-state index < -0.39 is 10.0 Å². The summed E-state index contributed by atoms with van der Waals surface area (Å²) in [5.41, 5.74) is 3.46. The highest BCUT2D eigenvalue weighted by atomic mass is 32.2. The Balaban J connectivity index is 1.44. The third-order valence-corrected chi connectivity index (χ3v) is 6.65. The maximum atomic E-state index is 12.6. The molecule has 0 aliphatic heterocycles. The number of nitrogens with zero attached hydrogens (tertiary/aromatic N) is 6. The molecule has 4 rings (SSSR count). The zero-order valence-electron chi connectivity index (χ0n) is 19.1. The molecule has 0 aliphatic rings. The molecule has 0 saturated heterocycles. The van der Waals surface area contributed by atoms with Gasteiger partial charge < -0.3 is 9.30 Å². The Bertz CT molecular complexity index is 1390. The van der Waals surface area contributed by atoms with Crippen LogP contribution in [-0.2, 0) is 16.6 Å². The zero-order valence-corrected chi connectivity index (χ0v) is 19.9. The van der Waals surface area contributed by atoms with E-state index in [2.05, 4.69) is 25.0 Å². The molecule has 0 unspecified atom stereocenters. The molecule has 0 fully saturated rings. The van der Waals surface area contributed by atoms with E-state index in [0.717, 1.165) is 17.0 Å². The third-order valence-electron chi connectivity index (χ3n) is 5.40. The van der Waals surface area contributed by atoms with Crippen LogP contribution in [0.1, 0.15) is 29.7 Å². The van der Waals surface area contributed by atoms with Gasteiger partial charge in [0.25, 0.3) is 10.0 Å². The summed E-state index contributed by atoms with van der Waals surface area (Å²) in [6.45, 7) is 10.3. The predicted molar refractivity (Wildman–Crippen MR) is 123 cm³/mol. The van der Waals surface area contributed by atoms with Gasteiger partial charge in [-0.3, -0.25) is 4.72 Å². The van der Waals surface area contributed by atoms with Gasteiger partial charge in [-0.05, 0) is 70.5 Å². The summed E-state index contributed by atoms with van der Waals surface area (Å²) < 4.78 is 37.0. The fraction of sp³-hybridized carbons (Fsp3) is 0.273. The average Bonchev–Trinajstić information content (AvgIpc) is 3.30. The molecule has 0 saturated carbocycles. The van der Waals surface area contributed by atoms with E-state index in [1.807, 2.05) is 27.7 Å². The van der Waals surface area contributed by atoms with Gasteiger partial charge in [0.15, 0.2) is 10.8 Å². The highest BCUT2D eigenvalue weighted by Crippen LogP contribution is 2.23. The molecule has 1 aromatic carbocycles. The minimum atomic E-state index is -3.79. The van der Waals surface area contributed by atoms with Crippen molar-refractivity contribution in [2.45, 2.75) is 46.2 Å². The Labute approximate surface area is 192 Å². The summed E-state index contributed by atoms with van der Waals surface area (Å²) in [5.74, 6) is 2.04. The first-order valence-corrected chi connectivity index (χ1v) is 11.9. The summed E-state index contributed by atoms with van der Waals surface area (Å²) in [4.78, 5) is 4.13. The lowest BCUT2D eigenvalue weighted by Crippen LogP contribution is -2.13. The molecule has 0 radical (unpaired) electrons. The summed E-state index contributed by atoms with van der Waals surface area (Å²) in [5, 5.41) is 12.8. The Hall–Kier alpha value is -3.73. The fourth-order valence-electron chi connectivity index (χ4n) is 3.27. The molecule has 33 heavy (non-hydrogen) atoms. The first-order chi connectivity index (χ1) is 15.7. The number of anilines is 1. The molecule has 0 atom stereocenters. The van der Waals surface area contributed by atoms with Crippen LogP contribution < -0.4 is 9.46 Å². The van der Waals surface area contributed by atoms with E-state index in [-0.39, 0.29) is 5.03 Å². The average molecular weight is 468 g/mol. The largest absolute Gasteiger partial charge is 0.438 e. The van der Waals surface area contributed by atoms with E-state index in [1.54, 1.807) is 52.6 Å². The van der Waals surface area contributed by atoms with E-state index in [1.165, 1.54) is 6.20 Å². The Morgan fingerprint density at radius 1 is 1.00 bits per heavy atom. The molecule has 0 aliphatic carbocycles. The molecular weight excluding hydrogens is 442 g/mol. The number of aryl methyl sites for hydroxylation is 3. The summed E-state index contributed by atoms with van der Waals surface area (Å²) in [6, 6.07) is 9.99. The molecule has 1 N–H and O–H groups in total. The van der Waals surface area contributed by atoms with Gasteiger partial charge in [0.2, 0.25) is 5.88 Å². The lowest BCUT2D eigenvalue weighted by Gasteiger charge is -2.08. The maximum absolute atomic E-state index is 12.6. The van der Waals surface area contributed by atoms with Crippen molar-refractivity contribution < 1.29 is 13.2 Å². The van der Waals surface area contributed by atoms with E-state index in [4.69, 9.17) is 4.74 Å². The van der Waals surface area contributed by atoms with Crippen molar-refractivity contribution in [3.8, 4) is 17.4 Å². The van der Waals surface area contributed by atoms with Gasteiger partial charge in [-0.1, -0.05) is 0 Å². The predicted octanol–water partition coefficient (Wildman–Crippen LogP) is 3.71. The molecule has 0 amide bonds. The molecule has 11 heteroatoms. The van der Waals surface area contributed by atoms with Crippen LogP contribution in [0.4, 0.5) is 5.69 Å². The summed E-state index contributed by atoms with van der Waals surface area (Å²) in [6.07, 6.45) is 1.52. The van der Waals surface area contributed by atoms with E-state index in [0.29, 0.717) is 35.5 Å². The molecule has 10 nitrogen and oxygen atoms in total. The van der Waals surface area contributed by atoms with Crippen molar-refractivity contribution in [1.82, 2.24) is 29.5 Å². The lowest BCUT2D eigenvalue weighted by molar-refractivity contribution is 0.454. The number of imidazole rings is 1. The smallest absolute Gasteiger partial charge is 0.280 e. The highest BCUT2D eigenvalue weighted by Gasteiger charge is 2.19. The normalized spacial score (nSPS) is 11.5. The van der Waals surface area contributed by atoms with Gasteiger partial charge in [-0.2, -0.15) is 13.5 Å². The quantitative estimate of drug-likeness (QED) is 0.440. The first-order valence-electron chi connectivity index (χ1n) is 10.4. The van der Waals surface area contributed by atoms with Crippen molar-refractivity contribution in [3.63, 3.8) is 0 Å². The Morgan fingerprint density at radius 3 is 2.27 bits per heavy atom. The van der Waals surface area contributed by atoms with Crippen LogP contribution >= 0.6 is 0 Å². The van der Waals surface area contributed by atoms with Gasteiger partial charge in [0.1, 0.15) is 11.6 Å². The molecule has 3 heterocycles. The monoisotopic (exact) mass is 467 g/mol. The lowest BCUT2D eigenvalue weighted by atomic mass is 10.2. The topological polar surface area (TPSA) is 117 Å². The number of ether oxygens (including phenoxy) is 1. The number of benzene rings is 1. The van der Waals surface area contributed by atoms with Crippen molar-refractivity contribution in [3.05, 3.63) is 65.4 Å². The van der Waals surface area contributed by atoms with Crippen LogP contribution in [0.3, 0.4) is 0 Å². The van der Waals surface area contributed by atoms with E-state index >= 15 is 0 Å². The number of hydrogen-bond acceptors (Lipinski definition) is 7. The second-order valence-corrected chi connectivity index (χ2v) is 9.21. The molecular formula is C22H25N7O3S. The van der Waals surface area contributed by atoms with Crippen LogP contribution in [0, 0.1) is 27.7 Å². The second kappa shape index (κ2) is 8.66. The minimum absolute atomic E-state index is 0.0182. The molecule has 172 valence electrons. The third kappa shape index (κ3) is 4.58. The Morgan fingerprint density at radius 2 is 1.73 bits per heavy atom. The standard InChI is InChI=1S/C22H25N7O3S/c1-6-28-13-22(23-17(28)5)33(30,31)27-18-7-9-19(10-8-18)32-21-12-11-20(24-25-21)29-16(4)14(2)15(3)26-29/h7-13,27H,6H2,1-5H3. The van der Waals surface area contributed by atoms with Crippen LogP contribution in [0.15, 0.2) is 47.6 Å². The van der Waals surface area contributed by atoms with Crippen molar-refractivity contribution in [2.75, 3.05) is 4.72 Å². The van der Waals surface area contributed by atoms with Crippen LogP contribution in [-0.4, -0.2) is 37.9 Å². The molecule has 0 spiro atoms. The van der Waals surface area contributed by atoms with Crippen molar-refractivity contribution >= 4 is 15.7 Å². The Kier molecular flexibility index (Phi) is 5.90. The van der Waals surface area contributed by atoms with Crippen LogP contribution in [0.2, 0.25) is 0 Å². The molecule has 3 aromatic heterocycles. The fourth-order valence-corrected chi connectivity index (χ4v) is 4.34. The molecule has 0 bridgehead atoms. The van der Waals surface area contributed by atoms with E-state index in [9.17, 15) is 8.42 Å². The number of rotatable bonds is 7.